The quantitative estimate of drug-likeness (QED) is 0.652. The van der Waals surface area contributed by atoms with Crippen LogP contribution in [0.15, 0.2) is 29.2 Å². The number of carbonyl (C=O) groups is 2. The summed E-state index contributed by atoms with van der Waals surface area (Å²) in [7, 11) is 1.74. The van der Waals surface area contributed by atoms with E-state index in [1.165, 1.54) is 4.40 Å². The molecule has 0 saturated carbocycles. The molecule has 0 N–H and O–H groups in total. The summed E-state index contributed by atoms with van der Waals surface area (Å²) in [5, 5.41) is 0.407. The molecule has 9 nitrogen and oxygen atoms in total. The first kappa shape index (κ1) is 19.0. The molecular weight excluding hydrogens is 374 g/mol. The lowest BCUT2D eigenvalue weighted by Crippen LogP contribution is -2.51. The molecule has 0 aliphatic carbocycles. The molecule has 1 saturated heterocycles. The van der Waals surface area contributed by atoms with Gasteiger partial charge in [0.25, 0.3) is 11.5 Å². The Labute approximate surface area is 167 Å². The fourth-order valence-corrected chi connectivity index (χ4v) is 3.70. The van der Waals surface area contributed by atoms with Crippen LogP contribution in [0, 0.1) is 6.92 Å². The number of rotatable bonds is 2. The van der Waals surface area contributed by atoms with E-state index in [0.717, 1.165) is 5.56 Å². The Morgan fingerprint density at radius 1 is 1.14 bits per heavy atom. The van der Waals surface area contributed by atoms with Gasteiger partial charge in [-0.2, -0.15) is 0 Å². The Morgan fingerprint density at radius 3 is 2.52 bits per heavy atom. The predicted octanol–water partition coefficient (Wildman–Crippen LogP) is 1.41. The molecule has 0 aromatic carbocycles. The van der Waals surface area contributed by atoms with Crippen LogP contribution >= 0.6 is 0 Å². The molecule has 0 bridgehead atoms. The molecule has 3 aromatic rings. The average molecular weight is 397 g/mol. The van der Waals surface area contributed by atoms with Gasteiger partial charge in [-0.25, -0.2) is 9.78 Å². The van der Waals surface area contributed by atoms with Crippen LogP contribution in [0.5, 0.6) is 0 Å². The third-order valence-electron chi connectivity index (χ3n) is 5.34. The Kier molecular flexibility index (Phi) is 4.73. The van der Waals surface area contributed by atoms with Gasteiger partial charge >= 0.3 is 6.09 Å². The summed E-state index contributed by atoms with van der Waals surface area (Å²) in [4.78, 5) is 45.8. The van der Waals surface area contributed by atoms with Crippen molar-refractivity contribution in [3.63, 3.8) is 0 Å². The highest BCUT2D eigenvalue weighted by atomic mass is 16.6. The lowest BCUT2D eigenvalue weighted by Gasteiger charge is -2.34. The number of hydrogen-bond acceptors (Lipinski definition) is 5. The highest BCUT2D eigenvalue weighted by molar-refractivity contribution is 5.98. The third-order valence-corrected chi connectivity index (χ3v) is 5.34. The monoisotopic (exact) mass is 397 g/mol. The highest BCUT2D eigenvalue weighted by Crippen LogP contribution is 2.18. The second-order valence-electron chi connectivity index (χ2n) is 7.11. The first-order valence-electron chi connectivity index (χ1n) is 9.60. The summed E-state index contributed by atoms with van der Waals surface area (Å²) < 4.78 is 8.19. The van der Waals surface area contributed by atoms with E-state index < -0.39 is 0 Å². The lowest BCUT2D eigenvalue weighted by atomic mass is 10.2. The number of nitrogens with zero attached hydrogens (tertiary/aromatic N) is 5. The molecular formula is C20H23N5O4. The summed E-state index contributed by atoms with van der Waals surface area (Å²) >= 11 is 0. The molecule has 1 aliphatic rings. The molecule has 1 aliphatic heterocycles. The maximum atomic E-state index is 13.1. The minimum atomic E-state index is -0.358. The van der Waals surface area contributed by atoms with Crippen LogP contribution < -0.4 is 5.56 Å². The van der Waals surface area contributed by atoms with E-state index in [1.807, 2.05) is 13.0 Å². The van der Waals surface area contributed by atoms with Gasteiger partial charge < -0.3 is 19.1 Å². The number of ether oxygens (including phenoxy) is 1. The molecule has 29 heavy (non-hydrogen) atoms. The normalized spacial score (nSPS) is 14.6. The molecule has 0 spiro atoms. The van der Waals surface area contributed by atoms with E-state index in [4.69, 9.17) is 4.74 Å². The van der Waals surface area contributed by atoms with Crippen LogP contribution in [0.25, 0.3) is 16.7 Å². The van der Waals surface area contributed by atoms with Gasteiger partial charge in [0.2, 0.25) is 0 Å². The summed E-state index contributed by atoms with van der Waals surface area (Å²) in [5.74, 6) is -0.181. The van der Waals surface area contributed by atoms with Crippen LogP contribution in [0.2, 0.25) is 0 Å². The molecule has 1 fully saturated rings. The molecule has 0 atom stereocenters. The molecule has 152 valence electrons. The first-order valence-corrected chi connectivity index (χ1v) is 9.60. The zero-order valence-electron chi connectivity index (χ0n) is 16.7. The second kappa shape index (κ2) is 7.23. The van der Waals surface area contributed by atoms with Gasteiger partial charge in [-0.05, 0) is 31.5 Å². The topological polar surface area (TPSA) is 89.2 Å². The number of piperazine rings is 1. The summed E-state index contributed by atoms with van der Waals surface area (Å²) in [6, 6.07) is 5.31. The van der Waals surface area contributed by atoms with E-state index in [-0.39, 0.29) is 17.6 Å². The number of amides is 2. The van der Waals surface area contributed by atoms with E-state index in [2.05, 4.69) is 4.98 Å². The van der Waals surface area contributed by atoms with E-state index in [1.54, 1.807) is 46.7 Å². The van der Waals surface area contributed by atoms with Crippen molar-refractivity contribution < 1.29 is 14.3 Å². The van der Waals surface area contributed by atoms with Crippen LogP contribution in [-0.2, 0) is 11.8 Å². The molecule has 4 heterocycles. The van der Waals surface area contributed by atoms with Crippen molar-refractivity contribution >= 4 is 28.7 Å². The fourth-order valence-electron chi connectivity index (χ4n) is 3.70. The molecule has 2 amide bonds. The van der Waals surface area contributed by atoms with Gasteiger partial charge in [0, 0.05) is 39.4 Å². The van der Waals surface area contributed by atoms with Crippen molar-refractivity contribution in [1.82, 2.24) is 23.8 Å². The van der Waals surface area contributed by atoms with Crippen LogP contribution in [0.3, 0.4) is 0 Å². The largest absolute Gasteiger partial charge is 0.450 e. The zero-order chi connectivity index (χ0) is 20.7. The number of pyridine rings is 1. The Bertz CT molecular complexity index is 1170. The van der Waals surface area contributed by atoms with Crippen molar-refractivity contribution in [3.8, 4) is 0 Å². The van der Waals surface area contributed by atoms with E-state index in [9.17, 15) is 14.4 Å². The van der Waals surface area contributed by atoms with Crippen molar-refractivity contribution in [2.24, 2.45) is 7.05 Å². The van der Waals surface area contributed by atoms with E-state index in [0.29, 0.717) is 55.2 Å². The van der Waals surface area contributed by atoms with Crippen LogP contribution in [-0.4, -0.2) is 68.5 Å². The average Bonchev–Trinajstić information content (AvgIpc) is 3.06. The molecule has 0 unspecified atom stereocenters. The highest BCUT2D eigenvalue weighted by Gasteiger charge is 2.28. The molecule has 3 aromatic heterocycles. The first-order chi connectivity index (χ1) is 13.9. The van der Waals surface area contributed by atoms with Gasteiger partial charge in [0.1, 0.15) is 17.0 Å². The lowest BCUT2D eigenvalue weighted by molar-refractivity contribution is 0.0563. The van der Waals surface area contributed by atoms with Gasteiger partial charge in [0.05, 0.1) is 12.0 Å². The van der Waals surface area contributed by atoms with Crippen molar-refractivity contribution in [2.45, 2.75) is 13.8 Å². The Morgan fingerprint density at radius 2 is 1.83 bits per heavy atom. The second-order valence-corrected chi connectivity index (χ2v) is 7.11. The fraction of sp³-hybridized carbons (Fsp3) is 0.400. The summed E-state index contributed by atoms with van der Waals surface area (Å²) in [6.07, 6.45) is 1.32. The number of carbonyl (C=O) groups excluding carboxylic acids is 2. The predicted molar refractivity (Wildman–Crippen MR) is 107 cm³/mol. The SMILES string of the molecule is CCOC(=O)N1CCN(C(=O)c2cc3c(=O)n4cccc(C)c4nc3n2C)CC1. The standard InChI is InChI=1S/C20H23N5O4/c1-4-29-20(28)24-10-8-23(9-11-24)19(27)15-12-14-17(22(15)3)21-16-13(2)6-5-7-25(16)18(14)26/h5-7,12H,4,8-11H2,1-3H3. The van der Waals surface area contributed by atoms with Crippen LogP contribution in [0.1, 0.15) is 23.0 Å². The van der Waals surface area contributed by atoms with Gasteiger partial charge in [0.15, 0.2) is 0 Å². The van der Waals surface area contributed by atoms with Crippen molar-refractivity contribution in [1.29, 1.82) is 0 Å². The molecule has 9 heteroatoms. The Hall–Kier alpha value is -3.36. The molecule has 4 rings (SSSR count). The number of aromatic nitrogens is 3. The Balaban J connectivity index is 1.66. The van der Waals surface area contributed by atoms with E-state index >= 15 is 0 Å². The van der Waals surface area contributed by atoms with Crippen molar-refractivity contribution in [3.05, 3.63) is 46.0 Å². The number of fused-ring (bicyclic) bond motifs is 2. The minimum absolute atomic E-state index is 0.181. The maximum Gasteiger partial charge on any atom is 0.409 e. The molecule has 0 radical (unpaired) electrons. The summed E-state index contributed by atoms with van der Waals surface area (Å²) in [6.45, 7) is 5.63. The van der Waals surface area contributed by atoms with Gasteiger partial charge in [-0.1, -0.05) is 6.07 Å². The third kappa shape index (κ3) is 3.12. The number of hydrogen-bond donors (Lipinski definition) is 0. The summed E-state index contributed by atoms with van der Waals surface area (Å²) in [5.41, 5.74) is 2.15. The van der Waals surface area contributed by atoms with Crippen LogP contribution in [0.4, 0.5) is 4.79 Å². The van der Waals surface area contributed by atoms with Gasteiger partial charge in [-0.3, -0.25) is 14.0 Å². The van der Waals surface area contributed by atoms with Gasteiger partial charge in [-0.15, -0.1) is 0 Å². The number of aryl methyl sites for hydroxylation is 2. The maximum absolute atomic E-state index is 13.1. The smallest absolute Gasteiger partial charge is 0.409 e. The zero-order valence-corrected chi connectivity index (χ0v) is 16.7. The minimum Gasteiger partial charge on any atom is -0.450 e. The van der Waals surface area contributed by atoms with Crippen molar-refractivity contribution in [2.75, 3.05) is 32.8 Å².